The zero-order valence-corrected chi connectivity index (χ0v) is 12.8. The Balaban J connectivity index is 2.04. The highest BCUT2D eigenvalue weighted by Gasteiger charge is 2.09. The van der Waals surface area contributed by atoms with Crippen LogP contribution in [0.25, 0.3) is 10.9 Å². The van der Waals surface area contributed by atoms with Crippen molar-refractivity contribution in [3.05, 3.63) is 35.5 Å². The molecule has 0 fully saturated rings. The number of benzene rings is 1. The van der Waals surface area contributed by atoms with Gasteiger partial charge in [0.15, 0.2) is 0 Å². The van der Waals surface area contributed by atoms with Crippen molar-refractivity contribution < 1.29 is 9.53 Å². The number of pyridine rings is 1. The minimum Gasteiger partial charge on any atom is -0.383 e. The van der Waals surface area contributed by atoms with Crippen molar-refractivity contribution in [2.45, 2.75) is 13.0 Å². The van der Waals surface area contributed by atoms with E-state index in [-0.39, 0.29) is 18.5 Å². The Morgan fingerprint density at radius 1 is 1.43 bits per heavy atom. The van der Waals surface area contributed by atoms with Crippen molar-refractivity contribution in [2.75, 3.05) is 25.6 Å². The van der Waals surface area contributed by atoms with Gasteiger partial charge in [-0.3, -0.25) is 9.78 Å². The third-order valence-corrected chi connectivity index (χ3v) is 3.31. The molecule has 5 nitrogen and oxygen atoms in total. The Morgan fingerprint density at radius 2 is 2.24 bits per heavy atom. The van der Waals surface area contributed by atoms with E-state index in [0.717, 1.165) is 16.6 Å². The van der Waals surface area contributed by atoms with Crippen LogP contribution < -0.4 is 10.6 Å². The van der Waals surface area contributed by atoms with Gasteiger partial charge in [0.25, 0.3) is 0 Å². The molecule has 0 aliphatic heterocycles. The Labute approximate surface area is 128 Å². The second kappa shape index (κ2) is 7.24. The van der Waals surface area contributed by atoms with Crippen LogP contribution in [0.2, 0.25) is 5.02 Å². The fourth-order valence-electron chi connectivity index (χ4n) is 2.07. The van der Waals surface area contributed by atoms with Crippen molar-refractivity contribution in [1.29, 1.82) is 0 Å². The Kier molecular flexibility index (Phi) is 5.36. The van der Waals surface area contributed by atoms with Crippen molar-refractivity contribution in [2.24, 2.45) is 0 Å². The fraction of sp³-hybridized carbons (Fsp3) is 0.333. The van der Waals surface area contributed by atoms with E-state index in [4.69, 9.17) is 16.3 Å². The fourth-order valence-corrected chi connectivity index (χ4v) is 2.29. The van der Waals surface area contributed by atoms with E-state index in [0.29, 0.717) is 11.6 Å². The average Bonchev–Trinajstić information content (AvgIpc) is 2.47. The first-order valence-electron chi connectivity index (χ1n) is 6.67. The highest BCUT2D eigenvalue weighted by atomic mass is 35.5. The molecule has 0 aliphatic rings. The highest BCUT2D eigenvalue weighted by Crippen LogP contribution is 2.27. The number of carbonyl (C=O) groups excluding carboxylic acids is 1. The predicted molar refractivity (Wildman–Crippen MR) is 84.7 cm³/mol. The summed E-state index contributed by atoms with van der Waals surface area (Å²) in [6.07, 6.45) is 1.70. The van der Waals surface area contributed by atoms with Crippen LogP contribution in [0.1, 0.15) is 6.92 Å². The largest absolute Gasteiger partial charge is 0.383 e. The van der Waals surface area contributed by atoms with Crippen molar-refractivity contribution in [3.63, 3.8) is 0 Å². The van der Waals surface area contributed by atoms with Gasteiger partial charge in [-0.2, -0.15) is 0 Å². The molecule has 6 heteroatoms. The van der Waals surface area contributed by atoms with Crippen molar-refractivity contribution >= 4 is 34.1 Å². The lowest BCUT2D eigenvalue weighted by molar-refractivity contribution is -0.120. The van der Waals surface area contributed by atoms with Gasteiger partial charge in [-0.05, 0) is 31.2 Å². The molecule has 0 bridgehead atoms. The lowest BCUT2D eigenvalue weighted by Gasteiger charge is -2.14. The zero-order valence-electron chi connectivity index (χ0n) is 12.0. The molecule has 1 aromatic carbocycles. The van der Waals surface area contributed by atoms with E-state index in [1.165, 1.54) is 0 Å². The Hall–Kier alpha value is -1.85. The summed E-state index contributed by atoms with van der Waals surface area (Å²) in [6.45, 7) is 2.54. The lowest BCUT2D eigenvalue weighted by atomic mass is 10.2. The summed E-state index contributed by atoms with van der Waals surface area (Å²) in [4.78, 5) is 16.1. The second-order valence-corrected chi connectivity index (χ2v) is 5.18. The number of aromatic nitrogens is 1. The summed E-state index contributed by atoms with van der Waals surface area (Å²) in [7, 11) is 1.60. The number of hydrogen-bond donors (Lipinski definition) is 2. The van der Waals surface area contributed by atoms with Crippen LogP contribution in [0.3, 0.4) is 0 Å². The van der Waals surface area contributed by atoms with Gasteiger partial charge in [0, 0.05) is 24.7 Å². The molecule has 0 radical (unpaired) electrons. The van der Waals surface area contributed by atoms with E-state index in [9.17, 15) is 4.79 Å². The van der Waals surface area contributed by atoms with Gasteiger partial charge in [-0.25, -0.2) is 0 Å². The molecular weight excluding hydrogens is 290 g/mol. The second-order valence-electron chi connectivity index (χ2n) is 4.77. The van der Waals surface area contributed by atoms with Crippen molar-refractivity contribution in [3.8, 4) is 0 Å². The summed E-state index contributed by atoms with van der Waals surface area (Å²) < 4.78 is 4.98. The van der Waals surface area contributed by atoms with E-state index in [2.05, 4.69) is 15.6 Å². The van der Waals surface area contributed by atoms with Crippen molar-refractivity contribution in [1.82, 2.24) is 10.3 Å². The molecule has 1 aromatic heterocycles. The van der Waals surface area contributed by atoms with Gasteiger partial charge in [-0.1, -0.05) is 11.6 Å². The third kappa shape index (κ3) is 4.06. The summed E-state index contributed by atoms with van der Waals surface area (Å²) in [5.74, 6) is -0.0985. The molecule has 0 aliphatic carbocycles. The number of amides is 1. The number of nitrogens with one attached hydrogen (secondary N) is 2. The number of halogens is 1. The molecule has 0 spiro atoms. The molecule has 0 saturated carbocycles. The maximum absolute atomic E-state index is 11.8. The molecule has 2 aromatic rings. The van der Waals surface area contributed by atoms with Crippen LogP contribution in [0.15, 0.2) is 30.5 Å². The molecule has 1 unspecified atom stereocenters. The molecule has 112 valence electrons. The molecule has 1 amide bonds. The maximum atomic E-state index is 11.8. The molecule has 2 rings (SSSR count). The van der Waals surface area contributed by atoms with Crippen LogP contribution >= 0.6 is 11.6 Å². The van der Waals surface area contributed by atoms with Gasteiger partial charge < -0.3 is 15.4 Å². The molecular formula is C15H18ClN3O2. The Bertz CT molecular complexity index is 633. The van der Waals surface area contributed by atoms with E-state index < -0.39 is 0 Å². The van der Waals surface area contributed by atoms with E-state index in [1.807, 2.05) is 25.1 Å². The third-order valence-electron chi connectivity index (χ3n) is 2.98. The Morgan fingerprint density at radius 3 is 3.00 bits per heavy atom. The number of ether oxygens (including phenoxy) is 1. The first kappa shape index (κ1) is 15.5. The average molecular weight is 308 g/mol. The monoisotopic (exact) mass is 307 g/mol. The number of rotatable bonds is 6. The number of methoxy groups -OCH3 is 1. The quantitative estimate of drug-likeness (QED) is 0.860. The molecule has 1 atom stereocenters. The predicted octanol–water partition coefficient (Wildman–Crippen LogP) is 2.45. The van der Waals surface area contributed by atoms with Crippen LogP contribution in [0.5, 0.6) is 0 Å². The van der Waals surface area contributed by atoms with Gasteiger partial charge in [0.05, 0.1) is 29.4 Å². The van der Waals surface area contributed by atoms with Gasteiger partial charge in [-0.15, -0.1) is 0 Å². The topological polar surface area (TPSA) is 63.2 Å². The molecule has 21 heavy (non-hydrogen) atoms. The first-order chi connectivity index (χ1) is 10.1. The summed E-state index contributed by atoms with van der Waals surface area (Å²) in [5, 5.41) is 7.42. The molecule has 1 heterocycles. The number of nitrogens with zero attached hydrogens (tertiary/aromatic N) is 1. The van der Waals surface area contributed by atoms with Crippen LogP contribution in [0.4, 0.5) is 5.69 Å². The first-order valence-corrected chi connectivity index (χ1v) is 7.05. The summed E-state index contributed by atoms with van der Waals surface area (Å²) in [5.41, 5.74) is 1.53. The van der Waals surface area contributed by atoms with Gasteiger partial charge >= 0.3 is 0 Å². The maximum Gasteiger partial charge on any atom is 0.239 e. The smallest absolute Gasteiger partial charge is 0.239 e. The van der Waals surface area contributed by atoms with Crippen LogP contribution in [0, 0.1) is 0 Å². The molecule has 0 saturated heterocycles. The van der Waals surface area contributed by atoms with E-state index in [1.54, 1.807) is 19.4 Å². The highest BCUT2D eigenvalue weighted by molar-refractivity contribution is 6.35. The SMILES string of the molecule is COCC(C)NC(=O)CNc1ccc(Cl)c2cccnc12. The number of hydrogen-bond acceptors (Lipinski definition) is 4. The minimum atomic E-state index is -0.0985. The number of fused-ring (bicyclic) bond motifs is 1. The van der Waals surface area contributed by atoms with Gasteiger partial charge in [0.2, 0.25) is 5.91 Å². The lowest BCUT2D eigenvalue weighted by Crippen LogP contribution is -2.39. The van der Waals surface area contributed by atoms with Gasteiger partial charge in [0.1, 0.15) is 0 Å². The summed E-state index contributed by atoms with van der Waals surface area (Å²) >= 11 is 6.13. The molecule has 2 N–H and O–H groups in total. The van der Waals surface area contributed by atoms with Crippen LogP contribution in [-0.4, -0.2) is 37.2 Å². The van der Waals surface area contributed by atoms with E-state index >= 15 is 0 Å². The van der Waals surface area contributed by atoms with Crippen LogP contribution in [-0.2, 0) is 9.53 Å². The number of anilines is 1. The number of carbonyl (C=O) groups is 1. The minimum absolute atomic E-state index is 0.0237. The normalized spacial score (nSPS) is 12.1. The zero-order chi connectivity index (χ0) is 15.2. The summed E-state index contributed by atoms with van der Waals surface area (Å²) in [6, 6.07) is 7.32. The standard InChI is InChI=1S/C15H18ClN3O2/c1-10(9-21-2)19-14(20)8-18-13-6-5-12(16)11-4-3-7-17-15(11)13/h3-7,10,18H,8-9H2,1-2H3,(H,19,20).